The van der Waals surface area contributed by atoms with E-state index in [0.29, 0.717) is 34.5 Å². The van der Waals surface area contributed by atoms with Crippen LogP contribution in [-0.4, -0.2) is 61.0 Å². The highest BCUT2D eigenvalue weighted by Crippen LogP contribution is 2.25. The van der Waals surface area contributed by atoms with Gasteiger partial charge in [0.25, 0.3) is 11.5 Å². The quantitative estimate of drug-likeness (QED) is 0.481. The largest absolute Gasteiger partial charge is 0.497 e. The van der Waals surface area contributed by atoms with E-state index in [4.69, 9.17) is 9.47 Å². The van der Waals surface area contributed by atoms with E-state index in [9.17, 15) is 9.59 Å². The number of carbonyl (C=O) groups excluding carboxylic acids is 1. The van der Waals surface area contributed by atoms with E-state index in [-0.39, 0.29) is 17.2 Å². The van der Waals surface area contributed by atoms with Gasteiger partial charge in [0.1, 0.15) is 11.5 Å². The van der Waals surface area contributed by atoms with Crippen LogP contribution in [0.25, 0.3) is 16.5 Å². The Hall–Kier alpha value is -3.39. The van der Waals surface area contributed by atoms with Gasteiger partial charge in [-0.25, -0.2) is 0 Å². The number of methoxy groups -OCH3 is 2. The van der Waals surface area contributed by atoms with Crippen molar-refractivity contribution >= 4 is 16.7 Å². The van der Waals surface area contributed by atoms with Crippen LogP contribution in [0.3, 0.4) is 0 Å². The molecule has 3 aromatic rings. The van der Waals surface area contributed by atoms with E-state index < -0.39 is 0 Å². The standard InChI is InChI=1S/C25H32N4O4/c1-5-12-28(13-6-2)14-11-26-24(30)23-21-9-7-8-10-22(21)25(31)29(27-23)18-15-19(32-3)17-20(16-18)33-4/h7-10,15-17H,5-6,11-14H2,1-4H3,(H,26,30). The lowest BCUT2D eigenvalue weighted by atomic mass is 10.1. The van der Waals surface area contributed by atoms with Crippen LogP contribution in [0.1, 0.15) is 37.2 Å². The molecular formula is C25H32N4O4. The van der Waals surface area contributed by atoms with Crippen molar-refractivity contribution in [3.05, 3.63) is 58.5 Å². The summed E-state index contributed by atoms with van der Waals surface area (Å²) in [5, 5.41) is 8.37. The molecule has 0 aliphatic carbocycles. The van der Waals surface area contributed by atoms with Crippen LogP contribution in [0.15, 0.2) is 47.3 Å². The molecule has 1 amide bonds. The average molecular weight is 453 g/mol. The monoisotopic (exact) mass is 452 g/mol. The summed E-state index contributed by atoms with van der Waals surface area (Å²) in [6, 6.07) is 12.1. The summed E-state index contributed by atoms with van der Waals surface area (Å²) in [7, 11) is 3.07. The summed E-state index contributed by atoms with van der Waals surface area (Å²) < 4.78 is 11.9. The van der Waals surface area contributed by atoms with Crippen LogP contribution in [0.2, 0.25) is 0 Å². The average Bonchev–Trinajstić information content (AvgIpc) is 2.84. The zero-order valence-electron chi connectivity index (χ0n) is 19.8. The number of hydrogen-bond donors (Lipinski definition) is 1. The fourth-order valence-corrected chi connectivity index (χ4v) is 3.83. The van der Waals surface area contributed by atoms with Gasteiger partial charge < -0.3 is 19.7 Å². The number of fused-ring (bicyclic) bond motifs is 1. The second-order valence-corrected chi connectivity index (χ2v) is 7.78. The molecule has 0 aliphatic rings. The van der Waals surface area contributed by atoms with Crippen LogP contribution < -0.4 is 20.3 Å². The van der Waals surface area contributed by atoms with Crippen molar-refractivity contribution in [2.75, 3.05) is 40.4 Å². The van der Waals surface area contributed by atoms with Gasteiger partial charge in [-0.05, 0) is 32.0 Å². The van der Waals surface area contributed by atoms with Gasteiger partial charge in [0.05, 0.1) is 25.3 Å². The lowest BCUT2D eigenvalue weighted by Crippen LogP contribution is -2.37. The summed E-state index contributed by atoms with van der Waals surface area (Å²) in [5.41, 5.74) is 0.326. The number of ether oxygens (including phenoxy) is 2. The maximum Gasteiger partial charge on any atom is 0.279 e. The van der Waals surface area contributed by atoms with E-state index >= 15 is 0 Å². The smallest absolute Gasteiger partial charge is 0.279 e. The molecule has 0 radical (unpaired) electrons. The van der Waals surface area contributed by atoms with Crippen molar-refractivity contribution in [3.63, 3.8) is 0 Å². The molecule has 0 bridgehead atoms. The summed E-state index contributed by atoms with van der Waals surface area (Å²) in [5.74, 6) is 0.719. The number of aromatic nitrogens is 2. The van der Waals surface area contributed by atoms with Gasteiger partial charge in [-0.15, -0.1) is 0 Å². The zero-order chi connectivity index (χ0) is 23.8. The number of carbonyl (C=O) groups is 1. The fourth-order valence-electron chi connectivity index (χ4n) is 3.83. The molecule has 0 fully saturated rings. The first kappa shape index (κ1) is 24.3. The number of benzene rings is 2. The Kier molecular flexibility index (Phi) is 8.43. The SMILES string of the molecule is CCCN(CCC)CCNC(=O)c1nn(-c2cc(OC)cc(OC)c2)c(=O)c2ccccc12. The number of nitrogens with one attached hydrogen (secondary N) is 1. The van der Waals surface area contributed by atoms with Gasteiger partial charge in [-0.2, -0.15) is 9.78 Å². The lowest BCUT2D eigenvalue weighted by Gasteiger charge is -2.21. The topological polar surface area (TPSA) is 85.7 Å². The molecule has 33 heavy (non-hydrogen) atoms. The molecule has 0 spiro atoms. The molecule has 0 unspecified atom stereocenters. The van der Waals surface area contributed by atoms with Crippen molar-refractivity contribution in [1.82, 2.24) is 20.0 Å². The van der Waals surface area contributed by atoms with Gasteiger partial charge in [-0.1, -0.05) is 32.0 Å². The Balaban J connectivity index is 1.98. The highest BCUT2D eigenvalue weighted by Gasteiger charge is 2.18. The molecule has 1 heterocycles. The van der Waals surface area contributed by atoms with Crippen molar-refractivity contribution in [2.24, 2.45) is 0 Å². The highest BCUT2D eigenvalue weighted by molar-refractivity contribution is 6.04. The molecule has 176 valence electrons. The minimum atomic E-state index is -0.325. The molecule has 1 N–H and O–H groups in total. The molecule has 8 nitrogen and oxygen atoms in total. The summed E-state index contributed by atoms with van der Waals surface area (Å²) in [6.07, 6.45) is 2.13. The molecule has 0 saturated heterocycles. The molecule has 8 heteroatoms. The van der Waals surface area contributed by atoms with Gasteiger partial charge in [0.15, 0.2) is 5.69 Å². The second kappa shape index (κ2) is 11.5. The normalized spacial score (nSPS) is 11.1. The first-order chi connectivity index (χ1) is 16.0. The third kappa shape index (κ3) is 5.70. The first-order valence-electron chi connectivity index (χ1n) is 11.3. The Morgan fingerprint density at radius 3 is 2.15 bits per heavy atom. The van der Waals surface area contributed by atoms with Crippen LogP contribution in [0, 0.1) is 0 Å². The summed E-state index contributed by atoms with van der Waals surface area (Å²) >= 11 is 0. The van der Waals surface area contributed by atoms with Crippen molar-refractivity contribution in [1.29, 1.82) is 0 Å². The van der Waals surface area contributed by atoms with E-state index in [1.165, 1.54) is 18.9 Å². The Morgan fingerprint density at radius 2 is 1.58 bits per heavy atom. The van der Waals surface area contributed by atoms with Crippen LogP contribution in [0.4, 0.5) is 0 Å². The predicted octanol–water partition coefficient (Wildman–Crippen LogP) is 3.25. The van der Waals surface area contributed by atoms with Gasteiger partial charge in [0, 0.05) is 36.7 Å². The minimum Gasteiger partial charge on any atom is -0.497 e. The van der Waals surface area contributed by atoms with E-state index in [2.05, 4.69) is 29.2 Å². The number of nitrogens with zero attached hydrogens (tertiary/aromatic N) is 3. The third-order valence-electron chi connectivity index (χ3n) is 5.39. The summed E-state index contributed by atoms with van der Waals surface area (Å²) in [6.45, 7) is 7.54. The second-order valence-electron chi connectivity index (χ2n) is 7.78. The Bertz CT molecular complexity index is 1130. The maximum atomic E-state index is 13.2. The van der Waals surface area contributed by atoms with Crippen LogP contribution in [0.5, 0.6) is 11.5 Å². The molecule has 0 saturated carbocycles. The van der Waals surface area contributed by atoms with Gasteiger partial charge >= 0.3 is 0 Å². The molecular weight excluding hydrogens is 420 g/mol. The maximum absolute atomic E-state index is 13.2. The molecule has 0 aliphatic heterocycles. The van der Waals surface area contributed by atoms with Gasteiger partial charge in [0.2, 0.25) is 0 Å². The molecule has 0 atom stereocenters. The van der Waals surface area contributed by atoms with Crippen molar-refractivity contribution < 1.29 is 14.3 Å². The zero-order valence-corrected chi connectivity index (χ0v) is 19.8. The predicted molar refractivity (Wildman–Crippen MR) is 130 cm³/mol. The Labute approximate surface area is 194 Å². The third-order valence-corrected chi connectivity index (χ3v) is 5.39. The van der Waals surface area contributed by atoms with E-state index in [0.717, 1.165) is 32.5 Å². The van der Waals surface area contributed by atoms with Crippen molar-refractivity contribution in [3.8, 4) is 17.2 Å². The van der Waals surface area contributed by atoms with Crippen molar-refractivity contribution in [2.45, 2.75) is 26.7 Å². The molecule has 1 aromatic heterocycles. The number of rotatable bonds is 11. The summed E-state index contributed by atoms with van der Waals surface area (Å²) in [4.78, 5) is 28.7. The van der Waals surface area contributed by atoms with Gasteiger partial charge in [-0.3, -0.25) is 9.59 Å². The number of hydrogen-bond acceptors (Lipinski definition) is 6. The molecule has 2 aromatic carbocycles. The van der Waals surface area contributed by atoms with Crippen LogP contribution >= 0.6 is 0 Å². The molecule has 3 rings (SSSR count). The fraction of sp³-hybridized carbons (Fsp3) is 0.400. The van der Waals surface area contributed by atoms with E-state index in [1.807, 2.05) is 0 Å². The van der Waals surface area contributed by atoms with Crippen LogP contribution in [-0.2, 0) is 0 Å². The number of amides is 1. The van der Waals surface area contributed by atoms with E-state index in [1.54, 1.807) is 42.5 Å². The first-order valence-corrected chi connectivity index (χ1v) is 11.3. The minimum absolute atomic E-state index is 0.199. The highest BCUT2D eigenvalue weighted by atomic mass is 16.5. The lowest BCUT2D eigenvalue weighted by molar-refractivity contribution is 0.0943. The Morgan fingerprint density at radius 1 is 0.970 bits per heavy atom.